The molecule has 30 heavy (non-hydrogen) atoms. The van der Waals surface area contributed by atoms with Crippen molar-refractivity contribution in [2.24, 2.45) is 11.1 Å². The van der Waals surface area contributed by atoms with Gasteiger partial charge in [0.2, 0.25) is 5.91 Å². The van der Waals surface area contributed by atoms with Crippen LogP contribution >= 0.6 is 0 Å². The second kappa shape index (κ2) is 7.59. The zero-order valence-corrected chi connectivity index (χ0v) is 16.6. The molecule has 5 rings (SSSR count). The number of oxime groups is 1. The minimum atomic E-state index is -0.234. The van der Waals surface area contributed by atoms with Crippen molar-refractivity contribution in [2.45, 2.75) is 44.7 Å². The average molecular weight is 405 g/mol. The number of fused-ring (bicyclic) bond motifs is 3. The van der Waals surface area contributed by atoms with Crippen LogP contribution in [0.15, 0.2) is 47.6 Å². The van der Waals surface area contributed by atoms with Crippen molar-refractivity contribution >= 4 is 23.0 Å². The van der Waals surface area contributed by atoms with Crippen LogP contribution < -0.4 is 5.32 Å². The summed E-state index contributed by atoms with van der Waals surface area (Å²) in [6.07, 6.45) is 5.96. The lowest BCUT2D eigenvalue weighted by Gasteiger charge is -2.25. The van der Waals surface area contributed by atoms with Crippen molar-refractivity contribution in [1.82, 2.24) is 9.88 Å². The van der Waals surface area contributed by atoms with Gasteiger partial charge in [0.15, 0.2) is 0 Å². The third-order valence-electron chi connectivity index (χ3n) is 6.22. The Labute approximate surface area is 174 Å². The quantitative estimate of drug-likeness (QED) is 0.383. The van der Waals surface area contributed by atoms with Gasteiger partial charge < -0.3 is 15.1 Å². The van der Waals surface area contributed by atoms with Gasteiger partial charge >= 0.3 is 0 Å². The summed E-state index contributed by atoms with van der Waals surface area (Å²) in [5, 5.41) is 16.4. The highest BCUT2D eigenvalue weighted by Gasteiger charge is 2.33. The average Bonchev–Trinajstić information content (AvgIpc) is 3.54. The molecule has 3 aromatic rings. The van der Waals surface area contributed by atoms with E-state index in [4.69, 9.17) is 5.21 Å². The van der Waals surface area contributed by atoms with Crippen LogP contribution in [0.25, 0.3) is 10.9 Å². The summed E-state index contributed by atoms with van der Waals surface area (Å²) in [6.45, 7) is 0.593. The Bertz CT molecular complexity index is 1150. The summed E-state index contributed by atoms with van der Waals surface area (Å²) in [5.74, 6) is 0.148. The number of hydrogen-bond acceptors (Lipinski definition) is 3. The van der Waals surface area contributed by atoms with E-state index in [0.717, 1.165) is 54.1 Å². The zero-order valence-electron chi connectivity index (χ0n) is 16.6. The summed E-state index contributed by atoms with van der Waals surface area (Å²) >= 11 is 0. The van der Waals surface area contributed by atoms with Crippen LogP contribution in [-0.2, 0) is 24.2 Å². The van der Waals surface area contributed by atoms with Crippen LogP contribution in [0.5, 0.6) is 0 Å². The molecular formula is C24H24FN3O2. The third-order valence-corrected chi connectivity index (χ3v) is 6.22. The van der Waals surface area contributed by atoms with Crippen molar-refractivity contribution in [3.8, 4) is 0 Å². The first-order chi connectivity index (χ1) is 14.6. The van der Waals surface area contributed by atoms with Gasteiger partial charge in [0.1, 0.15) is 5.82 Å². The Balaban J connectivity index is 1.54. The van der Waals surface area contributed by atoms with Crippen LogP contribution in [0.1, 0.15) is 41.6 Å². The summed E-state index contributed by atoms with van der Waals surface area (Å²) in [6, 6.07) is 12.8. The van der Waals surface area contributed by atoms with Gasteiger partial charge in [-0.3, -0.25) is 4.79 Å². The van der Waals surface area contributed by atoms with E-state index in [0.29, 0.717) is 6.54 Å². The molecule has 1 heterocycles. The van der Waals surface area contributed by atoms with Crippen LogP contribution in [-0.4, -0.2) is 27.9 Å². The standard InChI is InChI=1S/C24H24FN3O2/c25-18-3-1-2-16(10-18)14-28-22-8-4-15(13-26-30)11-20(22)21-12-19(7-9-23(21)28)27-24(29)17-5-6-17/h1-4,8,10-11,13,17,19,30H,5-7,9,12,14H2,(H,27,29)/b26-13+/t19-/m1/s1. The maximum atomic E-state index is 13.7. The highest BCUT2D eigenvalue weighted by atomic mass is 19.1. The number of nitrogens with one attached hydrogen (secondary N) is 1. The van der Waals surface area contributed by atoms with E-state index in [2.05, 4.69) is 15.0 Å². The van der Waals surface area contributed by atoms with Gasteiger partial charge in [0.25, 0.3) is 0 Å². The van der Waals surface area contributed by atoms with Crippen LogP contribution in [0, 0.1) is 11.7 Å². The largest absolute Gasteiger partial charge is 0.411 e. The molecule has 0 unspecified atom stereocenters. The molecule has 0 spiro atoms. The Morgan fingerprint density at radius 1 is 1.23 bits per heavy atom. The summed E-state index contributed by atoms with van der Waals surface area (Å²) in [4.78, 5) is 12.3. The van der Waals surface area contributed by atoms with E-state index in [1.807, 2.05) is 24.3 Å². The van der Waals surface area contributed by atoms with E-state index >= 15 is 0 Å². The molecule has 154 valence electrons. The molecular weight excluding hydrogens is 381 g/mol. The molecule has 0 radical (unpaired) electrons. The summed E-state index contributed by atoms with van der Waals surface area (Å²) < 4.78 is 16.0. The highest BCUT2D eigenvalue weighted by molar-refractivity contribution is 5.92. The third kappa shape index (κ3) is 3.58. The van der Waals surface area contributed by atoms with E-state index in [1.54, 1.807) is 12.1 Å². The second-order valence-electron chi connectivity index (χ2n) is 8.39. The highest BCUT2D eigenvalue weighted by Crippen LogP contribution is 2.34. The minimum Gasteiger partial charge on any atom is -0.411 e. The number of carbonyl (C=O) groups excluding carboxylic acids is 1. The Morgan fingerprint density at radius 2 is 2.10 bits per heavy atom. The molecule has 2 N–H and O–H groups in total. The van der Waals surface area contributed by atoms with Gasteiger partial charge in [0, 0.05) is 35.1 Å². The first kappa shape index (κ1) is 18.9. The van der Waals surface area contributed by atoms with E-state index < -0.39 is 0 Å². The van der Waals surface area contributed by atoms with Crippen molar-refractivity contribution in [2.75, 3.05) is 0 Å². The molecule has 1 amide bonds. The van der Waals surface area contributed by atoms with Gasteiger partial charge in [-0.05, 0) is 73.1 Å². The van der Waals surface area contributed by atoms with Gasteiger partial charge in [-0.15, -0.1) is 0 Å². The Morgan fingerprint density at radius 3 is 2.87 bits per heavy atom. The lowest BCUT2D eigenvalue weighted by Crippen LogP contribution is -2.39. The monoisotopic (exact) mass is 405 g/mol. The number of aromatic nitrogens is 1. The van der Waals surface area contributed by atoms with Crippen molar-refractivity contribution in [3.63, 3.8) is 0 Å². The first-order valence-electron chi connectivity index (χ1n) is 10.5. The number of carbonyl (C=O) groups is 1. The van der Waals surface area contributed by atoms with Crippen molar-refractivity contribution < 1.29 is 14.4 Å². The smallest absolute Gasteiger partial charge is 0.223 e. The number of amides is 1. The molecule has 2 aliphatic carbocycles. The molecule has 1 saturated carbocycles. The first-order valence-corrected chi connectivity index (χ1v) is 10.5. The fourth-order valence-electron chi connectivity index (χ4n) is 4.60. The normalized spacial score (nSPS) is 18.6. The molecule has 5 nitrogen and oxygen atoms in total. The number of halogens is 1. The fraction of sp³-hybridized carbons (Fsp3) is 0.333. The van der Waals surface area contributed by atoms with Gasteiger partial charge in [-0.1, -0.05) is 23.4 Å². The predicted molar refractivity (Wildman–Crippen MR) is 114 cm³/mol. The van der Waals surface area contributed by atoms with Crippen LogP contribution in [0.3, 0.4) is 0 Å². The van der Waals surface area contributed by atoms with Crippen molar-refractivity contribution in [1.29, 1.82) is 0 Å². The number of benzene rings is 2. The zero-order chi connectivity index (χ0) is 20.7. The lowest BCUT2D eigenvalue weighted by molar-refractivity contribution is -0.123. The SMILES string of the molecule is O=C(N[C@@H]1CCc2c(c3cc(/C=N/O)ccc3n2Cc2cccc(F)c2)C1)C1CC1. The molecule has 2 aromatic carbocycles. The molecule has 6 heteroatoms. The fourth-order valence-corrected chi connectivity index (χ4v) is 4.60. The maximum absolute atomic E-state index is 13.7. The summed E-state index contributed by atoms with van der Waals surface area (Å²) in [5.41, 5.74) is 5.28. The number of nitrogens with zero attached hydrogens (tertiary/aromatic N) is 2. The lowest BCUT2D eigenvalue weighted by atomic mass is 9.91. The van der Waals surface area contributed by atoms with Crippen molar-refractivity contribution in [3.05, 3.63) is 70.7 Å². The number of hydrogen-bond donors (Lipinski definition) is 2. The van der Waals surface area contributed by atoms with E-state index in [9.17, 15) is 9.18 Å². The van der Waals surface area contributed by atoms with Gasteiger partial charge in [-0.25, -0.2) is 4.39 Å². The molecule has 0 aliphatic heterocycles. The maximum Gasteiger partial charge on any atom is 0.223 e. The number of rotatable bonds is 5. The van der Waals surface area contributed by atoms with E-state index in [-0.39, 0.29) is 23.7 Å². The molecule has 1 aromatic heterocycles. The van der Waals surface area contributed by atoms with Crippen LogP contribution in [0.4, 0.5) is 4.39 Å². The Kier molecular flexibility index (Phi) is 4.77. The molecule has 2 aliphatic rings. The molecule has 1 atom stereocenters. The van der Waals surface area contributed by atoms with E-state index in [1.165, 1.54) is 23.5 Å². The van der Waals surface area contributed by atoms with Crippen LogP contribution in [0.2, 0.25) is 0 Å². The molecule has 0 saturated heterocycles. The summed E-state index contributed by atoms with van der Waals surface area (Å²) in [7, 11) is 0. The second-order valence-corrected chi connectivity index (χ2v) is 8.39. The predicted octanol–water partition coefficient (Wildman–Crippen LogP) is 4.02. The van der Waals surface area contributed by atoms with Gasteiger partial charge in [-0.2, -0.15) is 0 Å². The Hall–Kier alpha value is -3.15. The van der Waals surface area contributed by atoms with Gasteiger partial charge in [0.05, 0.1) is 6.21 Å². The molecule has 1 fully saturated rings. The minimum absolute atomic E-state index is 0.133. The molecule has 0 bridgehead atoms. The topological polar surface area (TPSA) is 66.6 Å².